The molecule has 3 fully saturated rings. The van der Waals surface area contributed by atoms with Gasteiger partial charge in [-0.05, 0) is 48.9 Å². The quantitative estimate of drug-likeness (QED) is 0.290. The summed E-state index contributed by atoms with van der Waals surface area (Å²) < 4.78 is 1.79. The van der Waals surface area contributed by atoms with Crippen LogP contribution < -0.4 is 10.6 Å². The standard InChI is InChI=1S/C31H30N6O3/c1-17-7-6-8-18(13-17)11-12-23-35-28(34-22-14-20(22)19-9-4-3-5-10-19)24-29(36-23)37(16-33-24)25-21-15-31(21,30(40)32-2)27(39)26(25)38/h3-10,13,16,20-22,25-27,38-39H,14-15H2,1-2H3,(H,32,40)(H,34,35,36)/t20?,21?,22-,25-,26?,27+,31-/m1/s1. The molecule has 7 rings (SSSR count). The molecule has 40 heavy (non-hydrogen) atoms. The number of fused-ring (bicyclic) bond motifs is 2. The Balaban J connectivity index is 1.28. The SMILES string of the molecule is CNC(=O)[C@]12CC1[C@@H](n1cnc3c(N[C@@H]4CC4c4ccccc4)nc(C#Cc4cccc(C)c4)nc31)C(O)[C@@H]2O. The zero-order valence-electron chi connectivity index (χ0n) is 22.2. The third-order valence-corrected chi connectivity index (χ3v) is 8.74. The molecule has 0 saturated heterocycles. The number of aromatic nitrogens is 4. The minimum Gasteiger partial charge on any atom is -0.389 e. The van der Waals surface area contributed by atoms with E-state index >= 15 is 0 Å². The molecule has 4 aromatic rings. The van der Waals surface area contributed by atoms with Crippen LogP contribution in [0.3, 0.4) is 0 Å². The van der Waals surface area contributed by atoms with Crippen LogP contribution >= 0.6 is 0 Å². The molecule has 3 aliphatic rings. The lowest BCUT2D eigenvalue weighted by Gasteiger charge is -2.23. The summed E-state index contributed by atoms with van der Waals surface area (Å²) in [5.74, 6) is 7.09. The Kier molecular flexibility index (Phi) is 5.66. The molecular formula is C31H30N6O3. The summed E-state index contributed by atoms with van der Waals surface area (Å²) in [6, 6.07) is 18.0. The van der Waals surface area contributed by atoms with Crippen molar-refractivity contribution in [1.82, 2.24) is 24.8 Å². The Hall–Kier alpha value is -4.26. The van der Waals surface area contributed by atoms with E-state index in [0.29, 0.717) is 35.1 Å². The third kappa shape index (κ3) is 3.86. The highest BCUT2D eigenvalue weighted by Gasteiger charge is 2.75. The summed E-state index contributed by atoms with van der Waals surface area (Å²) >= 11 is 0. The fraction of sp³-hybridized carbons (Fsp3) is 0.355. The molecule has 7 atom stereocenters. The van der Waals surface area contributed by atoms with Crippen molar-refractivity contribution in [3.8, 4) is 11.8 Å². The molecule has 9 heteroatoms. The zero-order valence-corrected chi connectivity index (χ0v) is 22.2. The fourth-order valence-electron chi connectivity index (χ4n) is 6.53. The van der Waals surface area contributed by atoms with Crippen molar-refractivity contribution in [2.24, 2.45) is 11.3 Å². The van der Waals surface area contributed by atoms with E-state index in [2.05, 4.69) is 39.6 Å². The van der Waals surface area contributed by atoms with Crippen molar-refractivity contribution >= 4 is 22.9 Å². The van der Waals surface area contributed by atoms with E-state index in [1.165, 1.54) is 5.56 Å². The van der Waals surface area contributed by atoms with Crippen LogP contribution in [0.15, 0.2) is 60.9 Å². The Bertz CT molecular complexity index is 1690. The van der Waals surface area contributed by atoms with E-state index in [1.54, 1.807) is 17.9 Å². The number of carbonyl (C=O) groups is 1. The van der Waals surface area contributed by atoms with E-state index < -0.39 is 23.7 Å². The van der Waals surface area contributed by atoms with Crippen LogP contribution in [0.5, 0.6) is 0 Å². The Morgan fingerprint density at radius 1 is 1.10 bits per heavy atom. The second-order valence-electron chi connectivity index (χ2n) is 11.2. The first-order valence-electron chi connectivity index (χ1n) is 13.6. The number of nitrogens with one attached hydrogen (secondary N) is 2. The number of rotatable bonds is 5. The Morgan fingerprint density at radius 3 is 2.70 bits per heavy atom. The second kappa shape index (κ2) is 9.15. The summed E-state index contributed by atoms with van der Waals surface area (Å²) in [7, 11) is 1.55. The van der Waals surface area contributed by atoms with Crippen molar-refractivity contribution in [2.75, 3.05) is 12.4 Å². The van der Waals surface area contributed by atoms with Crippen molar-refractivity contribution in [3.63, 3.8) is 0 Å². The summed E-state index contributed by atoms with van der Waals surface area (Å²) in [5.41, 5.74) is 3.34. The molecule has 2 heterocycles. The maximum Gasteiger partial charge on any atom is 0.229 e. The van der Waals surface area contributed by atoms with Gasteiger partial charge in [-0.25, -0.2) is 15.0 Å². The number of aliphatic hydroxyl groups is 2. The van der Waals surface area contributed by atoms with Crippen molar-refractivity contribution < 1.29 is 15.0 Å². The molecule has 0 bridgehead atoms. The van der Waals surface area contributed by atoms with Gasteiger partial charge in [0.25, 0.3) is 0 Å². The van der Waals surface area contributed by atoms with Gasteiger partial charge in [-0.1, -0.05) is 48.4 Å². The van der Waals surface area contributed by atoms with Gasteiger partial charge in [0.1, 0.15) is 6.10 Å². The highest BCUT2D eigenvalue weighted by Crippen LogP contribution is 2.67. The summed E-state index contributed by atoms with van der Waals surface area (Å²) in [4.78, 5) is 26.8. The van der Waals surface area contributed by atoms with Crippen molar-refractivity contribution in [1.29, 1.82) is 0 Å². The van der Waals surface area contributed by atoms with E-state index in [-0.39, 0.29) is 17.9 Å². The molecule has 0 radical (unpaired) electrons. The summed E-state index contributed by atoms with van der Waals surface area (Å²) in [6.45, 7) is 2.02. The van der Waals surface area contributed by atoms with Crippen LogP contribution in [0.2, 0.25) is 0 Å². The van der Waals surface area contributed by atoms with E-state index in [4.69, 9.17) is 9.97 Å². The number of nitrogens with zero attached hydrogens (tertiary/aromatic N) is 4. The van der Waals surface area contributed by atoms with Crippen LogP contribution in [-0.2, 0) is 4.79 Å². The zero-order chi connectivity index (χ0) is 27.6. The molecule has 0 aliphatic heterocycles. The van der Waals surface area contributed by atoms with Gasteiger partial charge in [-0.15, -0.1) is 0 Å². The number of aliphatic hydroxyl groups excluding tert-OH is 2. The number of amides is 1. The molecule has 3 aliphatic carbocycles. The van der Waals surface area contributed by atoms with Gasteiger partial charge in [-0.3, -0.25) is 4.79 Å². The molecule has 202 valence electrons. The van der Waals surface area contributed by atoms with Gasteiger partial charge in [0, 0.05) is 30.5 Å². The predicted octanol–water partition coefficient (Wildman–Crippen LogP) is 2.53. The molecule has 3 unspecified atom stereocenters. The van der Waals surface area contributed by atoms with Gasteiger partial charge in [0.2, 0.25) is 11.7 Å². The number of imidazole rings is 1. The lowest BCUT2D eigenvalue weighted by Crippen LogP contribution is -2.41. The highest BCUT2D eigenvalue weighted by atomic mass is 16.3. The van der Waals surface area contributed by atoms with Gasteiger partial charge >= 0.3 is 0 Å². The molecule has 3 saturated carbocycles. The average Bonchev–Trinajstić information content (AvgIpc) is 3.85. The number of hydrogen-bond donors (Lipinski definition) is 4. The summed E-state index contributed by atoms with van der Waals surface area (Å²) in [6.07, 6.45) is 0.797. The first-order valence-corrected chi connectivity index (χ1v) is 13.6. The van der Waals surface area contributed by atoms with Crippen LogP contribution in [0.4, 0.5) is 5.82 Å². The molecule has 2 aromatic carbocycles. The predicted molar refractivity (Wildman–Crippen MR) is 149 cm³/mol. The molecule has 0 spiro atoms. The number of hydrogen-bond acceptors (Lipinski definition) is 7. The lowest BCUT2D eigenvalue weighted by molar-refractivity contribution is -0.132. The van der Waals surface area contributed by atoms with E-state index in [9.17, 15) is 15.0 Å². The van der Waals surface area contributed by atoms with Crippen LogP contribution in [0.1, 0.15) is 47.3 Å². The first-order chi connectivity index (χ1) is 19.4. The number of aryl methyl sites for hydroxylation is 1. The van der Waals surface area contributed by atoms with Gasteiger partial charge in [0.15, 0.2) is 17.0 Å². The topological polar surface area (TPSA) is 125 Å². The first kappa shape index (κ1) is 24.8. The number of benzene rings is 2. The normalized spacial score (nSPS) is 29.8. The van der Waals surface area contributed by atoms with Crippen molar-refractivity contribution in [3.05, 3.63) is 83.4 Å². The minimum atomic E-state index is -1.17. The third-order valence-electron chi connectivity index (χ3n) is 8.74. The van der Waals surface area contributed by atoms with Crippen molar-refractivity contribution in [2.45, 2.75) is 50.0 Å². The summed E-state index contributed by atoms with van der Waals surface area (Å²) in [5, 5.41) is 28.2. The van der Waals surface area contributed by atoms with E-state index in [1.807, 2.05) is 49.4 Å². The molecule has 4 N–H and O–H groups in total. The molecule has 2 aromatic heterocycles. The average molecular weight is 535 g/mol. The number of anilines is 1. The maximum absolute atomic E-state index is 12.7. The van der Waals surface area contributed by atoms with Gasteiger partial charge in [-0.2, -0.15) is 0 Å². The molecule has 9 nitrogen and oxygen atoms in total. The number of carbonyl (C=O) groups excluding carboxylic acids is 1. The van der Waals surface area contributed by atoms with Crippen LogP contribution in [-0.4, -0.2) is 60.9 Å². The monoisotopic (exact) mass is 534 g/mol. The molecule has 1 amide bonds. The largest absolute Gasteiger partial charge is 0.389 e. The minimum absolute atomic E-state index is 0.200. The highest BCUT2D eigenvalue weighted by molar-refractivity contribution is 5.88. The van der Waals surface area contributed by atoms with Gasteiger partial charge < -0.3 is 25.4 Å². The maximum atomic E-state index is 12.7. The van der Waals surface area contributed by atoms with Crippen LogP contribution in [0.25, 0.3) is 11.2 Å². The van der Waals surface area contributed by atoms with E-state index in [0.717, 1.165) is 17.5 Å². The smallest absolute Gasteiger partial charge is 0.229 e. The lowest BCUT2D eigenvalue weighted by atomic mass is 9.98. The Morgan fingerprint density at radius 2 is 1.93 bits per heavy atom. The second-order valence-corrected chi connectivity index (χ2v) is 11.2. The molecular weight excluding hydrogens is 504 g/mol. The Labute approximate surface area is 231 Å². The van der Waals surface area contributed by atoms with Gasteiger partial charge in [0.05, 0.1) is 23.9 Å². The van der Waals surface area contributed by atoms with Crippen LogP contribution in [0, 0.1) is 30.1 Å². The fourth-order valence-corrected chi connectivity index (χ4v) is 6.53.